The Morgan fingerprint density at radius 1 is 1.08 bits per heavy atom. The van der Waals surface area contributed by atoms with Crippen LogP contribution in [0.15, 0.2) is 53.4 Å². The second kappa shape index (κ2) is 7.55. The molecule has 26 heavy (non-hydrogen) atoms. The van der Waals surface area contributed by atoms with Crippen LogP contribution in [-0.2, 0) is 10.0 Å². The molecule has 0 N–H and O–H groups in total. The van der Waals surface area contributed by atoms with Gasteiger partial charge in [-0.15, -0.1) is 0 Å². The molecule has 0 spiro atoms. The van der Waals surface area contributed by atoms with Gasteiger partial charge in [-0.1, -0.05) is 54.8 Å². The van der Waals surface area contributed by atoms with E-state index in [0.717, 1.165) is 30.4 Å². The van der Waals surface area contributed by atoms with Gasteiger partial charge in [0.15, 0.2) is 4.90 Å². The van der Waals surface area contributed by atoms with E-state index in [-0.39, 0.29) is 16.6 Å². The van der Waals surface area contributed by atoms with Crippen molar-refractivity contribution in [3.8, 4) is 0 Å². The summed E-state index contributed by atoms with van der Waals surface area (Å²) in [6, 6.07) is 13.1. The van der Waals surface area contributed by atoms with Gasteiger partial charge < -0.3 is 0 Å². The van der Waals surface area contributed by atoms with E-state index < -0.39 is 14.9 Å². The minimum Gasteiger partial charge on any atom is -0.258 e. The molecule has 1 saturated heterocycles. The Balaban J connectivity index is 2.10. The SMILES string of the molecule is Cc1cccc([C@@H]2CCCCCN2S(=O)(=O)c2ccccc2[N+](=O)[O-])c1. The third-order valence-corrected chi connectivity index (χ3v) is 6.73. The van der Waals surface area contributed by atoms with Crippen LogP contribution in [0.25, 0.3) is 0 Å². The van der Waals surface area contributed by atoms with Gasteiger partial charge >= 0.3 is 0 Å². The van der Waals surface area contributed by atoms with Crippen LogP contribution < -0.4 is 0 Å². The molecular formula is C19H22N2O4S. The Morgan fingerprint density at radius 2 is 1.85 bits per heavy atom. The van der Waals surface area contributed by atoms with Gasteiger partial charge in [0.2, 0.25) is 10.0 Å². The number of hydrogen-bond acceptors (Lipinski definition) is 4. The Hall–Kier alpha value is -2.25. The van der Waals surface area contributed by atoms with Crippen molar-refractivity contribution < 1.29 is 13.3 Å². The maximum Gasteiger partial charge on any atom is 0.289 e. The first-order chi connectivity index (χ1) is 12.4. The predicted molar refractivity (Wildman–Crippen MR) is 99.4 cm³/mol. The van der Waals surface area contributed by atoms with E-state index in [1.807, 2.05) is 31.2 Å². The number of aryl methyl sites for hydroxylation is 1. The van der Waals surface area contributed by atoms with Gasteiger partial charge in [0.25, 0.3) is 5.69 Å². The summed E-state index contributed by atoms with van der Waals surface area (Å²) in [5.74, 6) is 0. The molecule has 0 unspecified atom stereocenters. The first kappa shape index (κ1) is 18.5. The van der Waals surface area contributed by atoms with Crippen molar-refractivity contribution in [2.75, 3.05) is 6.54 Å². The lowest BCUT2D eigenvalue weighted by Gasteiger charge is -2.29. The zero-order chi connectivity index (χ0) is 18.7. The highest BCUT2D eigenvalue weighted by atomic mass is 32.2. The third-order valence-electron chi connectivity index (χ3n) is 4.78. The highest BCUT2D eigenvalue weighted by molar-refractivity contribution is 7.89. The number of nitro benzene ring substituents is 1. The van der Waals surface area contributed by atoms with E-state index in [0.29, 0.717) is 13.0 Å². The van der Waals surface area contributed by atoms with Crippen LogP contribution in [0.1, 0.15) is 42.9 Å². The molecule has 138 valence electrons. The smallest absolute Gasteiger partial charge is 0.258 e. The van der Waals surface area contributed by atoms with Gasteiger partial charge in [-0.3, -0.25) is 10.1 Å². The van der Waals surface area contributed by atoms with E-state index in [1.54, 1.807) is 0 Å². The van der Waals surface area contributed by atoms with Crippen LogP contribution in [-0.4, -0.2) is 24.2 Å². The number of hydrogen-bond donors (Lipinski definition) is 0. The van der Waals surface area contributed by atoms with Crippen molar-refractivity contribution in [2.24, 2.45) is 0 Å². The quantitative estimate of drug-likeness (QED) is 0.593. The summed E-state index contributed by atoms with van der Waals surface area (Å²) in [6.07, 6.45) is 3.35. The summed E-state index contributed by atoms with van der Waals surface area (Å²) in [7, 11) is -3.98. The minimum absolute atomic E-state index is 0.232. The molecule has 1 fully saturated rings. The summed E-state index contributed by atoms with van der Waals surface area (Å²) in [5.41, 5.74) is 1.63. The normalized spacial score (nSPS) is 19.0. The van der Waals surface area contributed by atoms with Crippen LogP contribution in [0.4, 0.5) is 5.69 Å². The molecule has 0 bridgehead atoms. The topological polar surface area (TPSA) is 80.5 Å². The second-order valence-corrected chi connectivity index (χ2v) is 8.48. The molecule has 6 nitrogen and oxygen atoms in total. The van der Waals surface area contributed by atoms with Gasteiger partial charge in [-0.2, -0.15) is 4.31 Å². The Kier molecular flexibility index (Phi) is 5.38. The molecule has 2 aromatic carbocycles. The molecule has 7 heteroatoms. The van der Waals surface area contributed by atoms with Gasteiger partial charge in [-0.25, -0.2) is 8.42 Å². The Bertz CT molecular complexity index is 911. The van der Waals surface area contributed by atoms with E-state index in [2.05, 4.69) is 0 Å². The van der Waals surface area contributed by atoms with E-state index in [4.69, 9.17) is 0 Å². The average molecular weight is 374 g/mol. The Morgan fingerprint density at radius 3 is 2.58 bits per heavy atom. The van der Waals surface area contributed by atoms with Crippen molar-refractivity contribution in [3.63, 3.8) is 0 Å². The molecule has 0 amide bonds. The summed E-state index contributed by atoms with van der Waals surface area (Å²) in [5, 5.41) is 11.3. The maximum absolute atomic E-state index is 13.4. The average Bonchev–Trinajstić information content (AvgIpc) is 2.88. The fourth-order valence-electron chi connectivity index (χ4n) is 3.53. The van der Waals surface area contributed by atoms with Crippen molar-refractivity contribution in [1.29, 1.82) is 0 Å². The number of nitro groups is 1. The van der Waals surface area contributed by atoms with Crippen molar-refractivity contribution in [1.82, 2.24) is 4.31 Å². The Labute approximate surface area is 153 Å². The van der Waals surface area contributed by atoms with E-state index >= 15 is 0 Å². The maximum atomic E-state index is 13.4. The van der Waals surface area contributed by atoms with E-state index in [1.165, 1.54) is 28.6 Å². The van der Waals surface area contributed by atoms with Gasteiger partial charge in [-0.05, 0) is 31.4 Å². The molecule has 2 aromatic rings. The van der Waals surface area contributed by atoms with Crippen LogP contribution in [0, 0.1) is 17.0 Å². The van der Waals surface area contributed by atoms with E-state index in [9.17, 15) is 18.5 Å². The zero-order valence-electron chi connectivity index (χ0n) is 14.7. The lowest BCUT2D eigenvalue weighted by atomic mass is 10.0. The molecule has 1 heterocycles. The molecule has 1 atom stereocenters. The lowest BCUT2D eigenvalue weighted by molar-refractivity contribution is -0.387. The lowest BCUT2D eigenvalue weighted by Crippen LogP contribution is -2.35. The number of benzene rings is 2. The molecule has 0 radical (unpaired) electrons. The third kappa shape index (κ3) is 3.64. The van der Waals surface area contributed by atoms with Crippen LogP contribution in [0.3, 0.4) is 0 Å². The number of para-hydroxylation sites is 1. The largest absolute Gasteiger partial charge is 0.289 e. The predicted octanol–water partition coefficient (Wildman–Crippen LogP) is 4.21. The van der Waals surface area contributed by atoms with Crippen LogP contribution in [0.5, 0.6) is 0 Å². The van der Waals surface area contributed by atoms with Crippen LogP contribution in [0.2, 0.25) is 0 Å². The van der Waals surface area contributed by atoms with Crippen molar-refractivity contribution in [2.45, 2.75) is 43.5 Å². The first-order valence-electron chi connectivity index (χ1n) is 8.73. The first-order valence-corrected chi connectivity index (χ1v) is 10.2. The number of sulfonamides is 1. The van der Waals surface area contributed by atoms with Gasteiger partial charge in [0.1, 0.15) is 0 Å². The number of nitrogens with zero attached hydrogens (tertiary/aromatic N) is 2. The fourth-order valence-corrected chi connectivity index (χ4v) is 5.37. The summed E-state index contributed by atoms with van der Waals surface area (Å²) < 4.78 is 28.2. The second-order valence-electron chi connectivity index (χ2n) is 6.62. The van der Waals surface area contributed by atoms with Crippen LogP contribution >= 0.6 is 0 Å². The summed E-state index contributed by atoms with van der Waals surface area (Å²) in [4.78, 5) is 10.5. The summed E-state index contributed by atoms with van der Waals surface area (Å²) in [6.45, 7) is 2.34. The van der Waals surface area contributed by atoms with Crippen molar-refractivity contribution in [3.05, 3.63) is 69.8 Å². The molecule has 0 aromatic heterocycles. The highest BCUT2D eigenvalue weighted by Crippen LogP contribution is 2.37. The standard InChI is InChI=1S/C19H22N2O4S/c1-15-8-7-9-16(14-15)17-10-3-2-6-13-20(17)26(24,25)19-12-5-4-11-18(19)21(22)23/h4-5,7-9,11-12,14,17H,2-3,6,10,13H2,1H3/t17-/m0/s1. The minimum atomic E-state index is -3.98. The fraction of sp³-hybridized carbons (Fsp3) is 0.368. The molecule has 0 saturated carbocycles. The van der Waals surface area contributed by atoms with Crippen molar-refractivity contribution >= 4 is 15.7 Å². The molecule has 1 aliphatic rings. The molecule has 3 rings (SSSR count). The summed E-state index contributed by atoms with van der Waals surface area (Å²) >= 11 is 0. The monoisotopic (exact) mass is 374 g/mol. The number of rotatable bonds is 4. The molecule has 0 aliphatic carbocycles. The van der Waals surface area contributed by atoms with Gasteiger partial charge in [0, 0.05) is 12.6 Å². The highest BCUT2D eigenvalue weighted by Gasteiger charge is 2.37. The van der Waals surface area contributed by atoms with Gasteiger partial charge in [0.05, 0.1) is 11.0 Å². The molecule has 1 aliphatic heterocycles. The molecular weight excluding hydrogens is 352 g/mol. The zero-order valence-corrected chi connectivity index (χ0v) is 15.5.